The lowest BCUT2D eigenvalue weighted by Crippen LogP contribution is -2.28. The van der Waals surface area contributed by atoms with Gasteiger partial charge in [0.05, 0.1) is 0 Å². The highest BCUT2D eigenvalue weighted by Gasteiger charge is 2.31. The summed E-state index contributed by atoms with van der Waals surface area (Å²) in [6.07, 6.45) is 12.1. The minimum Gasteiger partial charge on any atom is -0.204 e. The summed E-state index contributed by atoms with van der Waals surface area (Å²) < 4.78 is 26.6. The van der Waals surface area contributed by atoms with Crippen LogP contribution in [0.15, 0.2) is 18.2 Å². The topological polar surface area (TPSA) is 0 Å². The molecule has 1 saturated heterocycles. The van der Waals surface area contributed by atoms with Crippen molar-refractivity contribution >= 4 is 8.80 Å². The highest BCUT2D eigenvalue weighted by Crippen LogP contribution is 2.43. The molecule has 2 aliphatic rings. The third-order valence-electron chi connectivity index (χ3n) is 6.96. The van der Waals surface area contributed by atoms with Gasteiger partial charge in [0.1, 0.15) is 0 Å². The van der Waals surface area contributed by atoms with Gasteiger partial charge in [0, 0.05) is 8.80 Å². The zero-order valence-electron chi connectivity index (χ0n) is 15.8. The van der Waals surface area contributed by atoms with Crippen LogP contribution < -0.4 is 0 Å². The maximum atomic E-state index is 13.5. The zero-order chi connectivity index (χ0) is 17.6. The SMILES string of the molecule is CCCCC[Si@H]1CC[C@H]([C@H]2CC[C@H](c3ccc(F)c(F)c3)CC2)CC1. The molecule has 1 aromatic rings. The summed E-state index contributed by atoms with van der Waals surface area (Å²) >= 11 is 0. The van der Waals surface area contributed by atoms with Crippen molar-refractivity contribution in [3.05, 3.63) is 35.4 Å². The van der Waals surface area contributed by atoms with E-state index in [1.807, 2.05) is 0 Å². The second-order valence-electron chi connectivity index (χ2n) is 8.56. The molecule has 0 N–H and O–H groups in total. The van der Waals surface area contributed by atoms with Crippen LogP contribution in [0.3, 0.4) is 0 Å². The van der Waals surface area contributed by atoms with Crippen LogP contribution in [0.25, 0.3) is 0 Å². The molecule has 0 bridgehead atoms. The van der Waals surface area contributed by atoms with Gasteiger partial charge >= 0.3 is 0 Å². The lowest BCUT2D eigenvalue weighted by Gasteiger charge is -2.37. The van der Waals surface area contributed by atoms with Crippen molar-refractivity contribution in [2.45, 2.75) is 88.8 Å². The van der Waals surface area contributed by atoms with Gasteiger partial charge < -0.3 is 0 Å². The molecule has 0 atom stereocenters. The molecule has 1 aromatic carbocycles. The summed E-state index contributed by atoms with van der Waals surface area (Å²) in [5, 5.41) is 0. The molecule has 1 saturated carbocycles. The van der Waals surface area contributed by atoms with Crippen LogP contribution in [-0.2, 0) is 0 Å². The number of halogens is 2. The number of hydrogen-bond acceptors (Lipinski definition) is 0. The van der Waals surface area contributed by atoms with Gasteiger partial charge in [-0.25, -0.2) is 8.78 Å². The number of benzene rings is 1. The van der Waals surface area contributed by atoms with Crippen LogP contribution in [-0.4, -0.2) is 8.80 Å². The number of unbranched alkanes of at least 4 members (excludes halogenated alkanes) is 2. The lowest BCUT2D eigenvalue weighted by molar-refractivity contribution is 0.216. The summed E-state index contributed by atoms with van der Waals surface area (Å²) in [6.45, 7) is 2.30. The largest absolute Gasteiger partial charge is 0.204 e. The van der Waals surface area contributed by atoms with Crippen molar-refractivity contribution in [2.75, 3.05) is 0 Å². The Morgan fingerprint density at radius 2 is 1.56 bits per heavy atom. The Balaban J connectivity index is 1.43. The standard InChI is InChI=1S/C22H34F2Si/c1-2-3-4-13-25-14-11-19(12-15-25)17-5-7-18(8-6-17)20-9-10-21(23)22(24)16-20/h9-10,16-19,25H,2-8,11-15H2,1H3/t17-,18-,19-,25-. The van der Waals surface area contributed by atoms with Crippen molar-refractivity contribution in [1.82, 2.24) is 0 Å². The van der Waals surface area contributed by atoms with Crippen molar-refractivity contribution in [3.8, 4) is 0 Å². The van der Waals surface area contributed by atoms with Crippen LogP contribution in [0.2, 0.25) is 18.1 Å². The Bertz CT molecular complexity index is 529. The van der Waals surface area contributed by atoms with Gasteiger partial charge in [-0.05, 0) is 61.1 Å². The summed E-state index contributed by atoms with van der Waals surface area (Å²) in [5.74, 6) is 0.877. The number of hydrogen-bond donors (Lipinski definition) is 0. The Morgan fingerprint density at radius 3 is 2.20 bits per heavy atom. The Hall–Kier alpha value is -0.703. The fourth-order valence-electron chi connectivity index (χ4n) is 5.32. The van der Waals surface area contributed by atoms with E-state index < -0.39 is 20.4 Å². The van der Waals surface area contributed by atoms with E-state index in [4.69, 9.17) is 0 Å². The first-order valence-corrected chi connectivity index (χ1v) is 13.1. The molecule has 3 rings (SSSR count). The van der Waals surface area contributed by atoms with Gasteiger partial charge in [-0.15, -0.1) is 0 Å². The molecular weight excluding hydrogens is 330 g/mol. The fourth-order valence-corrected chi connectivity index (χ4v) is 8.85. The molecule has 1 aliphatic carbocycles. The summed E-state index contributed by atoms with van der Waals surface area (Å²) in [7, 11) is -0.400. The smallest absolute Gasteiger partial charge is 0.159 e. The van der Waals surface area contributed by atoms with E-state index in [2.05, 4.69) is 6.92 Å². The first-order valence-electron chi connectivity index (χ1n) is 10.6. The summed E-state index contributed by atoms with van der Waals surface area (Å²) in [4.78, 5) is 0. The maximum absolute atomic E-state index is 13.5. The summed E-state index contributed by atoms with van der Waals surface area (Å²) in [5.41, 5.74) is 1.00. The highest BCUT2D eigenvalue weighted by molar-refractivity contribution is 6.58. The van der Waals surface area contributed by atoms with E-state index in [1.54, 1.807) is 24.2 Å². The zero-order valence-corrected chi connectivity index (χ0v) is 16.9. The Morgan fingerprint density at radius 1 is 0.880 bits per heavy atom. The minimum absolute atomic E-state index is 0.400. The number of rotatable bonds is 6. The monoisotopic (exact) mass is 364 g/mol. The fraction of sp³-hybridized carbons (Fsp3) is 0.727. The van der Waals surface area contributed by atoms with Gasteiger partial charge in [-0.1, -0.05) is 63.2 Å². The maximum Gasteiger partial charge on any atom is 0.159 e. The molecule has 1 aliphatic heterocycles. The molecule has 1 heterocycles. The molecule has 0 unspecified atom stereocenters. The van der Waals surface area contributed by atoms with Gasteiger partial charge in [0.25, 0.3) is 0 Å². The van der Waals surface area contributed by atoms with Crippen molar-refractivity contribution in [3.63, 3.8) is 0 Å². The third-order valence-corrected chi connectivity index (χ3v) is 10.5. The van der Waals surface area contributed by atoms with E-state index in [9.17, 15) is 8.78 Å². The van der Waals surface area contributed by atoms with E-state index in [1.165, 1.54) is 57.1 Å². The van der Waals surface area contributed by atoms with Gasteiger partial charge in [0.15, 0.2) is 11.6 Å². The van der Waals surface area contributed by atoms with Crippen molar-refractivity contribution in [2.24, 2.45) is 11.8 Å². The lowest BCUT2D eigenvalue weighted by atomic mass is 9.72. The van der Waals surface area contributed by atoms with Crippen LogP contribution in [0.5, 0.6) is 0 Å². The van der Waals surface area contributed by atoms with Crippen LogP contribution in [0.1, 0.15) is 76.2 Å². The van der Waals surface area contributed by atoms with Gasteiger partial charge in [-0.2, -0.15) is 0 Å². The second kappa shape index (κ2) is 9.30. The van der Waals surface area contributed by atoms with Crippen molar-refractivity contribution < 1.29 is 8.78 Å². The van der Waals surface area contributed by atoms with E-state index in [-0.39, 0.29) is 0 Å². The molecule has 2 fully saturated rings. The van der Waals surface area contributed by atoms with Crippen LogP contribution >= 0.6 is 0 Å². The van der Waals surface area contributed by atoms with Gasteiger partial charge in [-0.3, -0.25) is 0 Å². The van der Waals surface area contributed by atoms with E-state index >= 15 is 0 Å². The molecule has 25 heavy (non-hydrogen) atoms. The molecule has 0 spiro atoms. The highest BCUT2D eigenvalue weighted by atomic mass is 28.3. The Labute approximate surface area is 154 Å². The van der Waals surface area contributed by atoms with Crippen molar-refractivity contribution in [1.29, 1.82) is 0 Å². The molecule has 0 amide bonds. The Kier molecular flexibility index (Phi) is 7.09. The summed E-state index contributed by atoms with van der Waals surface area (Å²) in [6, 6.07) is 9.25. The molecule has 140 valence electrons. The predicted molar refractivity (Wildman–Crippen MR) is 105 cm³/mol. The molecule has 0 aromatic heterocycles. The van der Waals surface area contributed by atoms with E-state index in [0.717, 1.165) is 30.2 Å². The normalized spacial score (nSPS) is 30.4. The quantitative estimate of drug-likeness (QED) is 0.374. The molecular formula is C22H34F2Si. The first-order chi connectivity index (χ1) is 12.2. The molecule has 3 heteroatoms. The minimum atomic E-state index is -0.725. The average molecular weight is 365 g/mol. The van der Waals surface area contributed by atoms with Gasteiger partial charge in [0.2, 0.25) is 0 Å². The molecule has 0 radical (unpaired) electrons. The average Bonchev–Trinajstić information content (AvgIpc) is 2.65. The van der Waals surface area contributed by atoms with E-state index in [0.29, 0.717) is 5.92 Å². The van der Waals surface area contributed by atoms with Crippen LogP contribution in [0.4, 0.5) is 8.78 Å². The second-order valence-corrected chi connectivity index (χ2v) is 12.0. The van der Waals surface area contributed by atoms with Crippen LogP contribution in [0, 0.1) is 23.5 Å². The predicted octanol–water partition coefficient (Wildman–Crippen LogP) is 7.07. The first kappa shape index (κ1) is 19.1. The molecule has 0 nitrogen and oxygen atoms in total. The third kappa shape index (κ3) is 5.15.